The van der Waals surface area contributed by atoms with E-state index >= 15 is 0 Å². The van der Waals surface area contributed by atoms with Crippen molar-refractivity contribution in [2.45, 2.75) is 30.9 Å². The number of para-hydroxylation sites is 1. The Hall–Kier alpha value is -1.06. The molecule has 0 radical (unpaired) electrons. The molecule has 3 heteroatoms. The van der Waals surface area contributed by atoms with E-state index in [0.29, 0.717) is 6.04 Å². The lowest BCUT2D eigenvalue weighted by Gasteiger charge is -2.37. The lowest BCUT2D eigenvalue weighted by Crippen LogP contribution is -2.44. The average molecular weight is 233 g/mol. The van der Waals surface area contributed by atoms with Crippen molar-refractivity contribution in [2.75, 3.05) is 25.1 Å². The van der Waals surface area contributed by atoms with Crippen molar-refractivity contribution < 1.29 is 9.47 Å². The van der Waals surface area contributed by atoms with Gasteiger partial charge in [0.15, 0.2) is 0 Å². The number of ether oxygens (including phenoxy) is 2. The Bertz CT molecular complexity index is 360. The quantitative estimate of drug-likeness (QED) is 0.851. The van der Waals surface area contributed by atoms with Crippen molar-refractivity contribution in [3.8, 4) is 0 Å². The molecule has 0 saturated carbocycles. The van der Waals surface area contributed by atoms with Crippen LogP contribution in [0.15, 0.2) is 30.3 Å². The molecule has 2 saturated heterocycles. The molecule has 2 atom stereocenters. The molecule has 2 aliphatic heterocycles. The Kier molecular flexibility index (Phi) is 3.04. The molecule has 0 bridgehead atoms. The topological polar surface area (TPSA) is 30.5 Å². The van der Waals surface area contributed by atoms with E-state index in [4.69, 9.17) is 9.47 Å². The summed E-state index contributed by atoms with van der Waals surface area (Å²) in [5.74, 6) is 0. The van der Waals surface area contributed by atoms with E-state index in [1.165, 1.54) is 5.69 Å². The zero-order valence-electron chi connectivity index (χ0n) is 10.0. The third-order valence-electron chi connectivity index (χ3n) is 3.70. The molecule has 92 valence electrons. The summed E-state index contributed by atoms with van der Waals surface area (Å²) in [7, 11) is 0. The van der Waals surface area contributed by atoms with Crippen LogP contribution in [0.1, 0.15) is 19.3 Å². The Labute approximate surface area is 102 Å². The van der Waals surface area contributed by atoms with Crippen molar-refractivity contribution >= 4 is 5.69 Å². The maximum Gasteiger partial charge on any atom is 0.0956 e. The molecule has 3 rings (SSSR count). The Balaban J connectivity index is 1.64. The second kappa shape index (κ2) is 4.67. The number of hydrogen-bond donors (Lipinski definition) is 1. The highest BCUT2D eigenvalue weighted by Gasteiger charge is 2.40. The van der Waals surface area contributed by atoms with Crippen molar-refractivity contribution in [1.29, 1.82) is 0 Å². The van der Waals surface area contributed by atoms with Crippen LogP contribution in [0.3, 0.4) is 0 Å². The van der Waals surface area contributed by atoms with Crippen molar-refractivity contribution in [1.82, 2.24) is 0 Å². The third-order valence-corrected chi connectivity index (χ3v) is 3.70. The standard InChI is InChI=1S/C14H19NO2/c1-2-4-12(5-3-1)15-13-6-8-17-14(10-13)7-9-16-11-14/h1-5,13,15H,6-11H2. The first-order valence-electron chi connectivity index (χ1n) is 6.40. The van der Waals surface area contributed by atoms with E-state index in [0.717, 1.165) is 39.1 Å². The molecule has 0 aromatic heterocycles. The van der Waals surface area contributed by atoms with Gasteiger partial charge in [-0.3, -0.25) is 0 Å². The van der Waals surface area contributed by atoms with Crippen LogP contribution in [0.5, 0.6) is 0 Å². The molecule has 2 aliphatic rings. The number of benzene rings is 1. The first kappa shape index (κ1) is 11.1. The minimum Gasteiger partial charge on any atom is -0.382 e. The summed E-state index contributed by atoms with van der Waals surface area (Å²) in [6, 6.07) is 10.9. The maximum atomic E-state index is 5.93. The van der Waals surface area contributed by atoms with Gasteiger partial charge in [0.05, 0.1) is 12.2 Å². The molecule has 1 spiro atoms. The number of anilines is 1. The summed E-state index contributed by atoms with van der Waals surface area (Å²) in [5.41, 5.74) is 1.19. The van der Waals surface area contributed by atoms with Crippen LogP contribution in [-0.4, -0.2) is 31.5 Å². The lowest BCUT2D eigenvalue weighted by molar-refractivity contribution is -0.0828. The van der Waals surface area contributed by atoms with Crippen LogP contribution in [0.25, 0.3) is 0 Å². The highest BCUT2D eigenvalue weighted by Crippen LogP contribution is 2.33. The first-order chi connectivity index (χ1) is 8.36. The molecule has 1 aromatic rings. The molecule has 0 amide bonds. The monoisotopic (exact) mass is 233 g/mol. The zero-order valence-corrected chi connectivity index (χ0v) is 10.0. The Morgan fingerprint density at radius 2 is 2.06 bits per heavy atom. The summed E-state index contributed by atoms with van der Waals surface area (Å²) in [5, 5.41) is 3.60. The third kappa shape index (κ3) is 2.45. The molecule has 0 aliphatic carbocycles. The van der Waals surface area contributed by atoms with Crippen LogP contribution in [0, 0.1) is 0 Å². The van der Waals surface area contributed by atoms with Crippen molar-refractivity contribution in [3.05, 3.63) is 30.3 Å². The van der Waals surface area contributed by atoms with Gasteiger partial charge in [-0.25, -0.2) is 0 Å². The van der Waals surface area contributed by atoms with Crippen LogP contribution in [0.2, 0.25) is 0 Å². The lowest BCUT2D eigenvalue weighted by atomic mass is 9.89. The van der Waals surface area contributed by atoms with Gasteiger partial charge in [0.25, 0.3) is 0 Å². The maximum absolute atomic E-state index is 5.93. The first-order valence-corrected chi connectivity index (χ1v) is 6.40. The molecular formula is C14H19NO2. The molecule has 3 nitrogen and oxygen atoms in total. The van der Waals surface area contributed by atoms with Crippen LogP contribution >= 0.6 is 0 Å². The number of nitrogens with one attached hydrogen (secondary N) is 1. The second-order valence-electron chi connectivity index (χ2n) is 5.03. The van der Waals surface area contributed by atoms with Gasteiger partial charge in [0.2, 0.25) is 0 Å². The smallest absolute Gasteiger partial charge is 0.0956 e. The number of hydrogen-bond acceptors (Lipinski definition) is 3. The van der Waals surface area contributed by atoms with E-state index in [-0.39, 0.29) is 5.60 Å². The fourth-order valence-corrected chi connectivity index (χ4v) is 2.78. The average Bonchev–Trinajstić information content (AvgIpc) is 2.79. The van der Waals surface area contributed by atoms with Gasteiger partial charge < -0.3 is 14.8 Å². The Morgan fingerprint density at radius 1 is 1.18 bits per heavy atom. The SMILES string of the molecule is c1ccc(NC2CCOC3(CCOC3)C2)cc1. The van der Waals surface area contributed by atoms with E-state index in [1.807, 2.05) is 6.07 Å². The van der Waals surface area contributed by atoms with E-state index in [9.17, 15) is 0 Å². The van der Waals surface area contributed by atoms with E-state index < -0.39 is 0 Å². The summed E-state index contributed by atoms with van der Waals surface area (Å²) in [6.45, 7) is 2.45. The molecular weight excluding hydrogens is 214 g/mol. The molecule has 17 heavy (non-hydrogen) atoms. The van der Waals surface area contributed by atoms with Crippen LogP contribution in [-0.2, 0) is 9.47 Å². The van der Waals surface area contributed by atoms with Crippen LogP contribution < -0.4 is 5.32 Å². The highest BCUT2D eigenvalue weighted by molar-refractivity contribution is 5.43. The molecule has 2 heterocycles. The van der Waals surface area contributed by atoms with Crippen molar-refractivity contribution in [3.63, 3.8) is 0 Å². The summed E-state index contributed by atoms with van der Waals surface area (Å²) in [4.78, 5) is 0. The van der Waals surface area contributed by atoms with E-state index in [2.05, 4.69) is 29.6 Å². The molecule has 2 unspecified atom stereocenters. The summed E-state index contributed by atoms with van der Waals surface area (Å²) < 4.78 is 11.4. The second-order valence-corrected chi connectivity index (χ2v) is 5.03. The van der Waals surface area contributed by atoms with Crippen molar-refractivity contribution in [2.24, 2.45) is 0 Å². The fourth-order valence-electron chi connectivity index (χ4n) is 2.78. The molecule has 1 N–H and O–H groups in total. The normalized spacial score (nSPS) is 32.8. The minimum absolute atomic E-state index is 0.00923. The summed E-state index contributed by atoms with van der Waals surface area (Å²) >= 11 is 0. The van der Waals surface area contributed by atoms with Gasteiger partial charge in [-0.2, -0.15) is 0 Å². The molecule has 2 fully saturated rings. The highest BCUT2D eigenvalue weighted by atomic mass is 16.6. The van der Waals surface area contributed by atoms with Gasteiger partial charge in [0.1, 0.15) is 0 Å². The predicted molar refractivity (Wildman–Crippen MR) is 67.2 cm³/mol. The minimum atomic E-state index is -0.00923. The Morgan fingerprint density at radius 3 is 2.82 bits per heavy atom. The number of rotatable bonds is 2. The van der Waals surface area contributed by atoms with E-state index in [1.54, 1.807) is 0 Å². The van der Waals surface area contributed by atoms with Gasteiger partial charge in [-0.1, -0.05) is 18.2 Å². The largest absolute Gasteiger partial charge is 0.382 e. The fraction of sp³-hybridized carbons (Fsp3) is 0.571. The molecule has 1 aromatic carbocycles. The van der Waals surface area contributed by atoms with Gasteiger partial charge in [0, 0.05) is 31.4 Å². The zero-order chi connectivity index (χ0) is 11.6. The van der Waals surface area contributed by atoms with Crippen LogP contribution in [0.4, 0.5) is 5.69 Å². The van der Waals surface area contributed by atoms with Gasteiger partial charge in [-0.05, 0) is 25.0 Å². The predicted octanol–water partition coefficient (Wildman–Crippen LogP) is 2.44. The van der Waals surface area contributed by atoms with Gasteiger partial charge >= 0.3 is 0 Å². The van der Waals surface area contributed by atoms with Gasteiger partial charge in [-0.15, -0.1) is 0 Å². The summed E-state index contributed by atoms with van der Waals surface area (Å²) in [6.07, 6.45) is 3.18.